The number of nitrogens with zero attached hydrogens (tertiary/aromatic N) is 4. The van der Waals surface area contributed by atoms with Gasteiger partial charge in [-0.2, -0.15) is 9.78 Å². The number of rotatable bonds is 7. The van der Waals surface area contributed by atoms with Crippen LogP contribution < -0.4 is 16.6 Å². The predicted octanol–water partition coefficient (Wildman–Crippen LogP) is 1.04. The molecule has 156 valence electrons. The Hall–Kier alpha value is -3.52. The van der Waals surface area contributed by atoms with E-state index in [0.29, 0.717) is 18.8 Å². The minimum atomic E-state index is -0.713. The molecule has 0 radical (unpaired) electrons. The zero-order valence-corrected chi connectivity index (χ0v) is 17.3. The van der Waals surface area contributed by atoms with Crippen molar-refractivity contribution in [2.75, 3.05) is 27.2 Å². The van der Waals surface area contributed by atoms with E-state index in [2.05, 4.69) is 10.4 Å². The van der Waals surface area contributed by atoms with Gasteiger partial charge in [-0.05, 0) is 44.3 Å². The molecule has 0 fully saturated rings. The maximum absolute atomic E-state index is 13.1. The fraction of sp³-hybridized carbons (Fsp3) is 0.273. The molecule has 0 saturated heterocycles. The summed E-state index contributed by atoms with van der Waals surface area (Å²) in [6.07, 6.45) is 0. The molecule has 30 heavy (non-hydrogen) atoms. The largest absolute Gasteiger partial charge is 0.352 e. The molecule has 0 aliphatic rings. The van der Waals surface area contributed by atoms with Gasteiger partial charge in [-0.15, -0.1) is 0 Å². The van der Waals surface area contributed by atoms with E-state index in [1.807, 2.05) is 62.3 Å². The number of benzene rings is 2. The number of hydrogen-bond donors (Lipinski definition) is 1. The van der Waals surface area contributed by atoms with Crippen molar-refractivity contribution in [3.63, 3.8) is 0 Å². The van der Waals surface area contributed by atoms with Gasteiger partial charge in [-0.25, -0.2) is 4.79 Å². The molecule has 8 heteroatoms. The van der Waals surface area contributed by atoms with Crippen molar-refractivity contribution in [1.29, 1.82) is 0 Å². The van der Waals surface area contributed by atoms with Crippen LogP contribution >= 0.6 is 0 Å². The summed E-state index contributed by atoms with van der Waals surface area (Å²) in [5.74, 6) is -0.606. The van der Waals surface area contributed by atoms with Crippen LogP contribution in [0.25, 0.3) is 5.69 Å². The van der Waals surface area contributed by atoms with Crippen molar-refractivity contribution in [3.05, 3.63) is 92.3 Å². The Morgan fingerprint density at radius 2 is 1.80 bits per heavy atom. The van der Waals surface area contributed by atoms with Gasteiger partial charge in [0.1, 0.15) is 0 Å². The van der Waals surface area contributed by atoms with E-state index < -0.39 is 17.2 Å². The predicted molar refractivity (Wildman–Crippen MR) is 115 cm³/mol. The number of hydrogen-bond acceptors (Lipinski definition) is 5. The highest BCUT2D eigenvalue weighted by Gasteiger charge is 2.20. The Morgan fingerprint density at radius 3 is 2.47 bits per heavy atom. The number of amides is 1. The first kappa shape index (κ1) is 21.2. The molecule has 0 bridgehead atoms. The van der Waals surface area contributed by atoms with Gasteiger partial charge in [0.05, 0.1) is 12.2 Å². The Kier molecular flexibility index (Phi) is 6.58. The molecule has 0 aliphatic heterocycles. The van der Waals surface area contributed by atoms with Crippen molar-refractivity contribution >= 4 is 5.91 Å². The van der Waals surface area contributed by atoms with Crippen molar-refractivity contribution in [2.45, 2.75) is 13.5 Å². The molecule has 0 aliphatic carbocycles. The maximum Gasteiger partial charge on any atom is 0.352 e. The molecule has 1 amide bonds. The van der Waals surface area contributed by atoms with Crippen molar-refractivity contribution in [3.8, 4) is 5.69 Å². The third-order valence-corrected chi connectivity index (χ3v) is 4.55. The van der Waals surface area contributed by atoms with Crippen molar-refractivity contribution < 1.29 is 4.79 Å². The van der Waals surface area contributed by atoms with Gasteiger partial charge in [0.25, 0.3) is 11.5 Å². The topological polar surface area (TPSA) is 89.2 Å². The zero-order valence-electron chi connectivity index (χ0n) is 17.3. The highest BCUT2D eigenvalue weighted by molar-refractivity contribution is 5.91. The van der Waals surface area contributed by atoms with E-state index >= 15 is 0 Å². The molecular weight excluding hydrogens is 382 g/mol. The maximum atomic E-state index is 13.1. The minimum Gasteiger partial charge on any atom is -0.349 e. The summed E-state index contributed by atoms with van der Waals surface area (Å²) < 4.78 is 2.16. The van der Waals surface area contributed by atoms with E-state index in [0.717, 1.165) is 20.4 Å². The standard InChI is InChI=1S/C22H25N5O3/c1-16-8-7-11-18(14-16)27-22(30)26(15-17-9-5-4-6-10-17)21(29)19(24-27)20(28)23-12-13-25(2)3/h4-11,14H,12-13,15H2,1-3H3,(H,23,28). The molecule has 8 nitrogen and oxygen atoms in total. The number of aryl methyl sites for hydroxylation is 1. The number of carbonyl (C=O) groups is 1. The minimum absolute atomic E-state index is 0.0464. The zero-order chi connectivity index (χ0) is 21.7. The van der Waals surface area contributed by atoms with E-state index in [1.165, 1.54) is 0 Å². The Morgan fingerprint density at radius 1 is 1.07 bits per heavy atom. The van der Waals surface area contributed by atoms with Crippen LogP contribution in [-0.4, -0.2) is 52.3 Å². The quantitative estimate of drug-likeness (QED) is 0.632. The number of likely N-dealkylation sites (N-methyl/N-ethyl adjacent to an activating group) is 1. The first-order chi connectivity index (χ1) is 14.4. The first-order valence-electron chi connectivity index (χ1n) is 9.65. The number of aromatic nitrogens is 3. The highest BCUT2D eigenvalue weighted by Crippen LogP contribution is 2.07. The fourth-order valence-corrected chi connectivity index (χ4v) is 2.97. The summed E-state index contributed by atoms with van der Waals surface area (Å²) in [5, 5.41) is 6.83. The Labute approximate surface area is 174 Å². The molecule has 0 atom stereocenters. The Balaban J connectivity index is 2.10. The highest BCUT2D eigenvalue weighted by atomic mass is 16.2. The van der Waals surface area contributed by atoms with Crippen LogP contribution in [-0.2, 0) is 6.54 Å². The van der Waals surface area contributed by atoms with Crippen LogP contribution in [0.15, 0.2) is 64.2 Å². The second-order valence-electron chi connectivity index (χ2n) is 7.32. The first-order valence-corrected chi connectivity index (χ1v) is 9.65. The van der Waals surface area contributed by atoms with Gasteiger partial charge in [0.15, 0.2) is 0 Å². The van der Waals surface area contributed by atoms with E-state index in [4.69, 9.17) is 0 Å². The summed E-state index contributed by atoms with van der Waals surface area (Å²) in [5.41, 5.74) is 0.570. The Bertz CT molecular complexity index is 1150. The average molecular weight is 407 g/mol. The molecule has 0 saturated carbocycles. The molecule has 3 rings (SSSR count). The molecule has 3 aromatic rings. The molecule has 1 N–H and O–H groups in total. The molecule has 1 aromatic heterocycles. The van der Waals surface area contributed by atoms with Crippen LogP contribution in [0.1, 0.15) is 21.6 Å². The van der Waals surface area contributed by atoms with Crippen LogP contribution in [0, 0.1) is 6.92 Å². The summed E-state index contributed by atoms with van der Waals surface area (Å²) in [6, 6.07) is 16.3. The van der Waals surface area contributed by atoms with Crippen LogP contribution in [0.5, 0.6) is 0 Å². The lowest BCUT2D eigenvalue weighted by molar-refractivity contribution is 0.0941. The average Bonchev–Trinajstić information content (AvgIpc) is 2.71. The van der Waals surface area contributed by atoms with E-state index in [1.54, 1.807) is 18.2 Å². The number of nitrogens with one attached hydrogen (secondary N) is 1. The summed E-state index contributed by atoms with van der Waals surface area (Å²) >= 11 is 0. The van der Waals surface area contributed by atoms with Crippen molar-refractivity contribution in [1.82, 2.24) is 24.6 Å². The lowest BCUT2D eigenvalue weighted by Gasteiger charge is -2.13. The lowest BCUT2D eigenvalue weighted by Crippen LogP contribution is -2.46. The SMILES string of the molecule is Cc1cccc(-n2nc(C(=O)NCCN(C)C)c(=O)n(Cc3ccccc3)c2=O)c1. The van der Waals surface area contributed by atoms with E-state index in [-0.39, 0.29) is 12.2 Å². The monoisotopic (exact) mass is 407 g/mol. The van der Waals surface area contributed by atoms with Crippen LogP contribution in [0.4, 0.5) is 0 Å². The van der Waals surface area contributed by atoms with Gasteiger partial charge in [-0.3, -0.25) is 14.2 Å². The second kappa shape index (κ2) is 9.32. The summed E-state index contributed by atoms with van der Waals surface area (Å²) in [6.45, 7) is 2.91. The van der Waals surface area contributed by atoms with Gasteiger partial charge in [-0.1, -0.05) is 42.5 Å². The number of carbonyl (C=O) groups excluding carboxylic acids is 1. The molecular formula is C22H25N5O3. The van der Waals surface area contributed by atoms with Gasteiger partial charge in [0, 0.05) is 13.1 Å². The smallest absolute Gasteiger partial charge is 0.349 e. The van der Waals surface area contributed by atoms with Gasteiger partial charge < -0.3 is 10.2 Å². The van der Waals surface area contributed by atoms with Crippen LogP contribution in [0.3, 0.4) is 0 Å². The normalized spacial score (nSPS) is 10.9. The van der Waals surface area contributed by atoms with Crippen molar-refractivity contribution in [2.24, 2.45) is 0 Å². The van der Waals surface area contributed by atoms with Crippen LogP contribution in [0.2, 0.25) is 0 Å². The third-order valence-electron chi connectivity index (χ3n) is 4.55. The molecule has 1 heterocycles. The molecule has 2 aromatic carbocycles. The molecule has 0 spiro atoms. The summed E-state index contributed by atoms with van der Waals surface area (Å²) in [7, 11) is 3.77. The second-order valence-corrected chi connectivity index (χ2v) is 7.32. The third kappa shape index (κ3) is 4.90. The van der Waals surface area contributed by atoms with Gasteiger partial charge in [0.2, 0.25) is 5.69 Å². The fourth-order valence-electron chi connectivity index (χ4n) is 2.97. The molecule has 0 unspecified atom stereocenters. The van der Waals surface area contributed by atoms with Gasteiger partial charge >= 0.3 is 5.69 Å². The summed E-state index contributed by atoms with van der Waals surface area (Å²) in [4.78, 5) is 40.7. The van der Waals surface area contributed by atoms with E-state index in [9.17, 15) is 14.4 Å². The lowest BCUT2D eigenvalue weighted by atomic mass is 10.2.